The summed E-state index contributed by atoms with van der Waals surface area (Å²) in [5, 5.41) is 41.7. The summed E-state index contributed by atoms with van der Waals surface area (Å²) in [4.78, 5) is 0. The summed E-state index contributed by atoms with van der Waals surface area (Å²) in [5.74, 6) is -0.194. The predicted octanol–water partition coefficient (Wildman–Crippen LogP) is 1.50. The molecular weight excluding hydrogens is 352 g/mol. The van der Waals surface area contributed by atoms with Gasteiger partial charge in [0.15, 0.2) is 29.3 Å². The number of aliphatic hydroxyl groups excluding tert-OH is 1. The lowest BCUT2D eigenvalue weighted by Crippen LogP contribution is -2.50. The van der Waals surface area contributed by atoms with E-state index in [4.69, 9.17) is 14.2 Å². The standard InChI is InChI=1S/C20H22O7/c1-25-16-5-10(3-4-14(16)21)18-12-7-15(22)17(26-2)6-11(12)8-20(24)13(18)9-27-19(20)23/h3-7,13,18-19,21-24H,8-9H2,1-2H3/t13-,18+,19+,20+/m1/s1. The molecule has 1 saturated heterocycles. The summed E-state index contributed by atoms with van der Waals surface area (Å²) >= 11 is 0. The Bertz CT molecular complexity index is 881. The van der Waals surface area contributed by atoms with E-state index < -0.39 is 17.8 Å². The van der Waals surface area contributed by atoms with Gasteiger partial charge in [-0.15, -0.1) is 0 Å². The van der Waals surface area contributed by atoms with E-state index in [0.29, 0.717) is 11.5 Å². The van der Waals surface area contributed by atoms with Crippen molar-refractivity contribution >= 4 is 0 Å². The molecule has 0 aromatic heterocycles. The van der Waals surface area contributed by atoms with Crippen molar-refractivity contribution in [2.24, 2.45) is 5.92 Å². The first-order valence-corrected chi connectivity index (χ1v) is 8.67. The van der Waals surface area contributed by atoms with Crippen LogP contribution in [0.1, 0.15) is 22.6 Å². The van der Waals surface area contributed by atoms with E-state index in [0.717, 1.165) is 16.7 Å². The molecule has 2 aromatic carbocycles. The Morgan fingerprint density at radius 3 is 2.44 bits per heavy atom. The molecule has 1 aliphatic heterocycles. The zero-order valence-corrected chi connectivity index (χ0v) is 15.0. The average molecular weight is 374 g/mol. The van der Waals surface area contributed by atoms with E-state index in [2.05, 4.69) is 0 Å². The molecule has 4 N–H and O–H groups in total. The largest absolute Gasteiger partial charge is 0.504 e. The fraction of sp³-hybridized carbons (Fsp3) is 0.400. The number of benzene rings is 2. The molecule has 1 fully saturated rings. The number of methoxy groups -OCH3 is 2. The molecule has 2 aromatic rings. The van der Waals surface area contributed by atoms with Gasteiger partial charge in [-0.3, -0.25) is 0 Å². The Balaban J connectivity index is 1.92. The van der Waals surface area contributed by atoms with Crippen molar-refractivity contribution in [3.8, 4) is 23.0 Å². The second-order valence-corrected chi connectivity index (χ2v) is 7.09. The van der Waals surface area contributed by atoms with Crippen LogP contribution in [0.3, 0.4) is 0 Å². The first-order chi connectivity index (χ1) is 12.9. The van der Waals surface area contributed by atoms with Crippen LogP contribution in [0.25, 0.3) is 0 Å². The van der Waals surface area contributed by atoms with Crippen molar-refractivity contribution in [3.63, 3.8) is 0 Å². The van der Waals surface area contributed by atoms with Crippen LogP contribution in [0.15, 0.2) is 30.3 Å². The minimum Gasteiger partial charge on any atom is -0.504 e. The van der Waals surface area contributed by atoms with E-state index in [9.17, 15) is 20.4 Å². The smallest absolute Gasteiger partial charge is 0.184 e. The quantitative estimate of drug-likeness (QED) is 0.645. The van der Waals surface area contributed by atoms with Gasteiger partial charge in [-0.25, -0.2) is 0 Å². The van der Waals surface area contributed by atoms with Gasteiger partial charge in [0.2, 0.25) is 0 Å². The third kappa shape index (κ3) is 2.62. The van der Waals surface area contributed by atoms with Gasteiger partial charge in [-0.2, -0.15) is 0 Å². The zero-order valence-electron chi connectivity index (χ0n) is 15.0. The Labute approximate surface area is 156 Å². The summed E-state index contributed by atoms with van der Waals surface area (Å²) in [6.45, 7) is 0.164. The number of aromatic hydroxyl groups is 2. The highest BCUT2D eigenvalue weighted by Gasteiger charge is 2.56. The van der Waals surface area contributed by atoms with Crippen LogP contribution in [0, 0.1) is 5.92 Å². The molecule has 0 bridgehead atoms. The van der Waals surface area contributed by atoms with Crippen LogP contribution in [0.4, 0.5) is 0 Å². The molecule has 144 valence electrons. The van der Waals surface area contributed by atoms with Gasteiger partial charge in [0.25, 0.3) is 0 Å². The summed E-state index contributed by atoms with van der Waals surface area (Å²) in [6, 6.07) is 8.26. The molecule has 1 heterocycles. The summed E-state index contributed by atoms with van der Waals surface area (Å²) in [5.41, 5.74) is 0.875. The van der Waals surface area contributed by atoms with E-state index in [-0.39, 0.29) is 30.4 Å². The molecule has 0 unspecified atom stereocenters. The third-order valence-electron chi connectivity index (χ3n) is 5.72. The molecule has 27 heavy (non-hydrogen) atoms. The second kappa shape index (κ2) is 6.30. The number of phenolic OH excluding ortho intramolecular Hbond substituents is 2. The van der Waals surface area contributed by atoms with Crippen LogP contribution in [-0.2, 0) is 11.2 Å². The maximum Gasteiger partial charge on any atom is 0.184 e. The molecule has 1 aliphatic carbocycles. The highest BCUT2D eigenvalue weighted by molar-refractivity contribution is 5.54. The molecule has 2 aliphatic rings. The van der Waals surface area contributed by atoms with Gasteiger partial charge < -0.3 is 34.6 Å². The molecule has 0 amide bonds. The lowest BCUT2D eigenvalue weighted by Gasteiger charge is -2.42. The molecule has 7 heteroatoms. The van der Waals surface area contributed by atoms with Gasteiger partial charge in [-0.1, -0.05) is 6.07 Å². The molecule has 0 spiro atoms. The topological polar surface area (TPSA) is 109 Å². The molecule has 0 saturated carbocycles. The Hall–Kier alpha value is -2.48. The van der Waals surface area contributed by atoms with Crippen molar-refractivity contribution in [1.29, 1.82) is 0 Å². The van der Waals surface area contributed by atoms with Gasteiger partial charge in [0, 0.05) is 18.3 Å². The maximum atomic E-state index is 11.2. The van der Waals surface area contributed by atoms with Crippen molar-refractivity contribution in [1.82, 2.24) is 0 Å². The minimum absolute atomic E-state index is 0.00287. The average Bonchev–Trinajstić information content (AvgIpc) is 2.94. The number of phenols is 2. The van der Waals surface area contributed by atoms with Crippen LogP contribution >= 0.6 is 0 Å². The lowest BCUT2D eigenvalue weighted by atomic mass is 9.65. The van der Waals surface area contributed by atoms with Crippen LogP contribution < -0.4 is 9.47 Å². The third-order valence-corrected chi connectivity index (χ3v) is 5.72. The molecular formula is C20H22O7. The molecule has 7 nitrogen and oxygen atoms in total. The van der Waals surface area contributed by atoms with Crippen LogP contribution in [0.2, 0.25) is 0 Å². The van der Waals surface area contributed by atoms with E-state index >= 15 is 0 Å². The lowest BCUT2D eigenvalue weighted by molar-refractivity contribution is -0.166. The highest BCUT2D eigenvalue weighted by Crippen LogP contribution is 2.52. The molecule has 4 rings (SSSR count). The van der Waals surface area contributed by atoms with E-state index in [1.54, 1.807) is 24.3 Å². The first kappa shape index (κ1) is 17.9. The summed E-state index contributed by atoms with van der Waals surface area (Å²) in [6.07, 6.45) is -1.13. The SMILES string of the molecule is COc1cc([C@H]2c3cc(O)c(OC)cc3C[C@]3(O)[C@@H]2CO[C@@H]3O)ccc1O. The van der Waals surface area contributed by atoms with Crippen molar-refractivity contribution in [2.45, 2.75) is 24.2 Å². The fourth-order valence-electron chi connectivity index (χ4n) is 4.32. The number of hydrogen-bond donors (Lipinski definition) is 4. The Kier molecular flexibility index (Phi) is 4.18. The fourth-order valence-corrected chi connectivity index (χ4v) is 4.32. The normalized spacial score (nSPS) is 29.1. The number of fused-ring (bicyclic) bond motifs is 2. The summed E-state index contributed by atoms with van der Waals surface area (Å²) < 4.78 is 15.8. The Morgan fingerprint density at radius 1 is 1.04 bits per heavy atom. The highest BCUT2D eigenvalue weighted by atomic mass is 16.6. The monoisotopic (exact) mass is 374 g/mol. The van der Waals surface area contributed by atoms with Gasteiger partial charge in [0.05, 0.1) is 20.8 Å². The number of aliphatic hydroxyl groups is 2. The maximum absolute atomic E-state index is 11.2. The van der Waals surface area contributed by atoms with Crippen molar-refractivity contribution in [3.05, 3.63) is 47.0 Å². The van der Waals surface area contributed by atoms with Crippen LogP contribution in [0.5, 0.6) is 23.0 Å². The summed E-state index contributed by atoms with van der Waals surface area (Å²) in [7, 11) is 2.92. The number of rotatable bonds is 3. The van der Waals surface area contributed by atoms with Gasteiger partial charge in [-0.05, 0) is 41.0 Å². The van der Waals surface area contributed by atoms with E-state index in [1.807, 2.05) is 0 Å². The number of hydrogen-bond acceptors (Lipinski definition) is 7. The van der Waals surface area contributed by atoms with Gasteiger partial charge in [0.1, 0.15) is 5.60 Å². The predicted molar refractivity (Wildman–Crippen MR) is 95.3 cm³/mol. The second-order valence-electron chi connectivity index (χ2n) is 7.09. The number of ether oxygens (including phenoxy) is 3. The van der Waals surface area contributed by atoms with Crippen molar-refractivity contribution < 1.29 is 34.6 Å². The minimum atomic E-state index is -1.47. The zero-order chi connectivity index (χ0) is 19.3. The van der Waals surface area contributed by atoms with Gasteiger partial charge >= 0.3 is 0 Å². The van der Waals surface area contributed by atoms with Crippen molar-refractivity contribution in [2.75, 3.05) is 20.8 Å². The molecule has 0 radical (unpaired) electrons. The first-order valence-electron chi connectivity index (χ1n) is 8.67. The Morgan fingerprint density at radius 2 is 1.74 bits per heavy atom. The van der Waals surface area contributed by atoms with Crippen LogP contribution in [-0.4, -0.2) is 53.1 Å². The molecule has 4 atom stereocenters. The van der Waals surface area contributed by atoms with E-state index in [1.165, 1.54) is 20.3 Å².